The van der Waals surface area contributed by atoms with E-state index < -0.39 is 17.5 Å². The van der Waals surface area contributed by atoms with Crippen LogP contribution in [-0.4, -0.2) is 26.0 Å². The van der Waals surface area contributed by atoms with E-state index in [0.29, 0.717) is 12.0 Å². The minimum Gasteiger partial charge on any atom is -0.489 e. The Morgan fingerprint density at radius 1 is 0.943 bits per heavy atom. The highest BCUT2D eigenvalue weighted by molar-refractivity contribution is 5.83. The first kappa shape index (κ1) is 25.6. The number of carbonyl (C=O) groups excluding carboxylic acids is 2. The van der Waals surface area contributed by atoms with Crippen molar-refractivity contribution in [1.82, 2.24) is 0 Å². The van der Waals surface area contributed by atoms with Crippen LogP contribution >= 0.6 is 0 Å². The van der Waals surface area contributed by atoms with Gasteiger partial charge in [-0.15, -0.1) is 0 Å². The number of hydrogen-bond donors (Lipinski definition) is 0. The van der Waals surface area contributed by atoms with Gasteiger partial charge < -0.3 is 14.2 Å². The van der Waals surface area contributed by atoms with Crippen LogP contribution in [0.25, 0.3) is 11.1 Å². The molecule has 0 radical (unpaired) electrons. The summed E-state index contributed by atoms with van der Waals surface area (Å²) in [6.07, 6.45) is -2.86. The highest BCUT2D eigenvalue weighted by atomic mass is 19.4. The lowest BCUT2D eigenvalue weighted by atomic mass is 10.0. The van der Waals surface area contributed by atoms with Crippen molar-refractivity contribution in [3.63, 3.8) is 0 Å². The summed E-state index contributed by atoms with van der Waals surface area (Å²) in [5.74, 6) is -0.384. The van der Waals surface area contributed by atoms with Crippen LogP contribution in [0, 0.1) is 0 Å². The van der Waals surface area contributed by atoms with Crippen molar-refractivity contribution in [1.29, 1.82) is 0 Å². The van der Waals surface area contributed by atoms with Gasteiger partial charge in [-0.1, -0.05) is 55.1 Å². The highest BCUT2D eigenvalue weighted by Gasteiger charge is 2.36. The Bertz CT molecular complexity index is 1180. The topological polar surface area (TPSA) is 61.8 Å². The standard InChI is InChI=1S/C27H23F3O5/c1-3-14-34-26-23(16-31)21(10-13-24(26)27(28,29)30)17-35-22-11-8-20(9-12-22)19-6-4-18(5-7-19)15-25(32)33-2/h3-13,16H,1,14-15,17H2,2H3. The minimum atomic E-state index is -4.68. The number of aldehydes is 1. The van der Waals surface area contributed by atoms with E-state index in [-0.39, 0.29) is 36.7 Å². The molecule has 0 aromatic heterocycles. The Kier molecular flexibility index (Phi) is 8.30. The molecule has 5 nitrogen and oxygen atoms in total. The van der Waals surface area contributed by atoms with E-state index in [1.807, 2.05) is 36.4 Å². The van der Waals surface area contributed by atoms with Crippen LogP contribution in [0.1, 0.15) is 27.0 Å². The number of hydrogen-bond acceptors (Lipinski definition) is 5. The second-order valence-electron chi connectivity index (χ2n) is 7.49. The van der Waals surface area contributed by atoms with Gasteiger partial charge in [-0.3, -0.25) is 9.59 Å². The van der Waals surface area contributed by atoms with E-state index in [1.165, 1.54) is 19.3 Å². The molecule has 0 unspecified atom stereocenters. The Hall–Kier alpha value is -4.07. The van der Waals surface area contributed by atoms with Crippen LogP contribution in [-0.2, 0) is 28.7 Å². The summed E-state index contributed by atoms with van der Waals surface area (Å²) in [5.41, 5.74) is 1.68. The quantitative estimate of drug-likeness (QED) is 0.199. The molecular formula is C27H23F3O5. The first-order chi connectivity index (χ1) is 16.8. The zero-order valence-electron chi connectivity index (χ0n) is 18.9. The molecule has 3 aromatic rings. The van der Waals surface area contributed by atoms with Crippen LogP contribution in [0.3, 0.4) is 0 Å². The summed E-state index contributed by atoms with van der Waals surface area (Å²) < 4.78 is 55.7. The van der Waals surface area contributed by atoms with Crippen LogP contribution in [0.15, 0.2) is 73.3 Å². The summed E-state index contributed by atoms with van der Waals surface area (Å²) in [5, 5.41) is 0. The zero-order valence-corrected chi connectivity index (χ0v) is 18.9. The third-order valence-electron chi connectivity index (χ3n) is 5.17. The maximum atomic E-state index is 13.4. The lowest BCUT2D eigenvalue weighted by Gasteiger charge is -2.18. The van der Waals surface area contributed by atoms with Gasteiger partial charge in [0.1, 0.15) is 24.7 Å². The SMILES string of the molecule is C=CCOc1c(C(F)(F)F)ccc(COc2ccc(-c3ccc(CC(=O)OC)cc3)cc2)c1C=O. The van der Waals surface area contributed by atoms with Gasteiger partial charge in [0.05, 0.1) is 24.7 Å². The molecule has 0 amide bonds. The molecule has 35 heavy (non-hydrogen) atoms. The Labute approximate surface area is 200 Å². The first-order valence-electron chi connectivity index (χ1n) is 10.6. The molecule has 3 rings (SSSR count). The average molecular weight is 484 g/mol. The molecule has 0 heterocycles. The first-order valence-corrected chi connectivity index (χ1v) is 10.6. The number of benzene rings is 3. The smallest absolute Gasteiger partial charge is 0.419 e. The van der Waals surface area contributed by atoms with Crippen molar-refractivity contribution in [3.8, 4) is 22.6 Å². The van der Waals surface area contributed by atoms with Crippen molar-refractivity contribution >= 4 is 12.3 Å². The normalized spacial score (nSPS) is 11.0. The molecular weight excluding hydrogens is 461 g/mol. The van der Waals surface area contributed by atoms with Gasteiger partial charge in [0.25, 0.3) is 0 Å². The van der Waals surface area contributed by atoms with E-state index in [4.69, 9.17) is 9.47 Å². The second-order valence-corrected chi connectivity index (χ2v) is 7.49. The zero-order chi connectivity index (χ0) is 25.4. The summed E-state index contributed by atoms with van der Waals surface area (Å²) in [6.45, 7) is 3.12. The fourth-order valence-electron chi connectivity index (χ4n) is 3.37. The fraction of sp³-hybridized carbons (Fsp3) is 0.185. The molecule has 8 heteroatoms. The highest BCUT2D eigenvalue weighted by Crippen LogP contribution is 2.39. The van der Waals surface area contributed by atoms with E-state index >= 15 is 0 Å². The Morgan fingerprint density at radius 2 is 1.57 bits per heavy atom. The Morgan fingerprint density at radius 3 is 2.11 bits per heavy atom. The van der Waals surface area contributed by atoms with Crippen molar-refractivity contribution in [3.05, 3.63) is 95.6 Å². The molecule has 0 atom stereocenters. The monoisotopic (exact) mass is 484 g/mol. The number of alkyl halides is 3. The molecule has 0 saturated heterocycles. The van der Waals surface area contributed by atoms with Gasteiger partial charge in [-0.2, -0.15) is 13.2 Å². The number of methoxy groups -OCH3 is 1. The number of rotatable bonds is 10. The van der Waals surface area contributed by atoms with Crippen molar-refractivity contribution < 1.29 is 37.0 Å². The summed E-state index contributed by atoms with van der Waals surface area (Å²) in [6, 6.07) is 16.6. The van der Waals surface area contributed by atoms with Crippen molar-refractivity contribution in [2.75, 3.05) is 13.7 Å². The predicted molar refractivity (Wildman–Crippen MR) is 124 cm³/mol. The average Bonchev–Trinajstić information content (AvgIpc) is 2.85. The van der Waals surface area contributed by atoms with E-state index in [2.05, 4.69) is 11.3 Å². The molecule has 0 aliphatic heterocycles. The van der Waals surface area contributed by atoms with Crippen LogP contribution in [0.2, 0.25) is 0 Å². The number of ether oxygens (including phenoxy) is 3. The summed E-state index contributed by atoms with van der Waals surface area (Å²) in [4.78, 5) is 23.0. The van der Waals surface area contributed by atoms with Crippen LogP contribution < -0.4 is 9.47 Å². The van der Waals surface area contributed by atoms with Gasteiger partial charge in [-0.25, -0.2) is 0 Å². The molecule has 182 valence electrons. The number of esters is 1. The third kappa shape index (κ3) is 6.50. The molecule has 0 N–H and O–H groups in total. The predicted octanol–water partition coefficient (Wildman–Crippen LogP) is 6.04. The van der Waals surface area contributed by atoms with E-state index in [0.717, 1.165) is 22.8 Å². The van der Waals surface area contributed by atoms with E-state index in [1.54, 1.807) is 12.1 Å². The molecule has 0 bridgehead atoms. The van der Waals surface area contributed by atoms with Crippen LogP contribution in [0.4, 0.5) is 13.2 Å². The van der Waals surface area contributed by atoms with Gasteiger partial charge in [0.15, 0.2) is 6.29 Å². The fourth-order valence-corrected chi connectivity index (χ4v) is 3.37. The molecule has 0 fully saturated rings. The number of carbonyl (C=O) groups is 2. The van der Waals surface area contributed by atoms with Crippen molar-refractivity contribution in [2.45, 2.75) is 19.2 Å². The summed E-state index contributed by atoms with van der Waals surface area (Å²) >= 11 is 0. The maximum absolute atomic E-state index is 13.4. The molecule has 0 spiro atoms. The van der Waals surface area contributed by atoms with Gasteiger partial charge >= 0.3 is 12.1 Å². The van der Waals surface area contributed by atoms with Crippen molar-refractivity contribution in [2.24, 2.45) is 0 Å². The molecule has 3 aromatic carbocycles. The van der Waals surface area contributed by atoms with E-state index in [9.17, 15) is 22.8 Å². The summed E-state index contributed by atoms with van der Waals surface area (Å²) in [7, 11) is 1.34. The Balaban J connectivity index is 1.74. The van der Waals surface area contributed by atoms with Gasteiger partial charge in [0.2, 0.25) is 0 Å². The second kappa shape index (κ2) is 11.4. The van der Waals surface area contributed by atoms with Gasteiger partial charge in [-0.05, 0) is 34.9 Å². The maximum Gasteiger partial charge on any atom is 0.419 e. The lowest BCUT2D eigenvalue weighted by molar-refractivity contribution is -0.140. The third-order valence-corrected chi connectivity index (χ3v) is 5.17. The molecule has 0 aliphatic carbocycles. The molecule has 0 saturated carbocycles. The lowest BCUT2D eigenvalue weighted by Crippen LogP contribution is -2.13. The number of halogens is 3. The van der Waals surface area contributed by atoms with Crippen LogP contribution in [0.5, 0.6) is 11.5 Å². The largest absolute Gasteiger partial charge is 0.489 e. The minimum absolute atomic E-state index is 0.127. The molecule has 0 aliphatic rings. The van der Waals surface area contributed by atoms with Gasteiger partial charge in [0, 0.05) is 5.56 Å².